The number of benzene rings is 1. The minimum absolute atomic E-state index is 0.0217. The smallest absolute Gasteiger partial charge is 0.300 e. The van der Waals surface area contributed by atoms with Crippen LogP contribution in [0.1, 0.15) is 21.9 Å². The second kappa shape index (κ2) is 5.94. The predicted molar refractivity (Wildman–Crippen MR) is 70.8 cm³/mol. The van der Waals surface area contributed by atoms with Gasteiger partial charge < -0.3 is 9.15 Å². The zero-order chi connectivity index (χ0) is 14.7. The lowest BCUT2D eigenvalue weighted by Crippen LogP contribution is -2.29. The quantitative estimate of drug-likeness (QED) is 0.516. The van der Waals surface area contributed by atoms with Gasteiger partial charge in [-0.3, -0.25) is 10.2 Å². The lowest BCUT2D eigenvalue weighted by atomic mass is 10.2. The SMILES string of the molecule is Cc1oc(C(=O)NN)cc1COc1c(F)cccc1Cl. The Bertz CT molecular complexity index is 622. The number of nitrogen functional groups attached to an aromatic ring is 1. The van der Waals surface area contributed by atoms with Gasteiger partial charge in [-0.05, 0) is 25.1 Å². The first-order valence-electron chi connectivity index (χ1n) is 5.70. The molecule has 0 radical (unpaired) electrons. The molecule has 5 nitrogen and oxygen atoms in total. The summed E-state index contributed by atoms with van der Waals surface area (Å²) >= 11 is 5.84. The lowest BCUT2D eigenvalue weighted by molar-refractivity contribution is 0.0924. The maximum absolute atomic E-state index is 13.5. The third-order valence-corrected chi connectivity index (χ3v) is 2.96. The van der Waals surface area contributed by atoms with E-state index in [-0.39, 0.29) is 23.1 Å². The molecule has 0 atom stereocenters. The first kappa shape index (κ1) is 14.4. The molecule has 0 saturated carbocycles. The number of aryl methyl sites for hydroxylation is 1. The minimum atomic E-state index is -0.557. The summed E-state index contributed by atoms with van der Waals surface area (Å²) in [5, 5.41) is 0.172. The van der Waals surface area contributed by atoms with Gasteiger partial charge in [0.05, 0.1) is 5.02 Å². The normalized spacial score (nSPS) is 10.4. The van der Waals surface area contributed by atoms with Crippen LogP contribution in [0.5, 0.6) is 5.75 Å². The summed E-state index contributed by atoms with van der Waals surface area (Å²) in [5.41, 5.74) is 2.56. The maximum Gasteiger partial charge on any atom is 0.300 e. The number of halogens is 2. The van der Waals surface area contributed by atoms with E-state index >= 15 is 0 Å². The van der Waals surface area contributed by atoms with Crippen LogP contribution in [0.15, 0.2) is 28.7 Å². The van der Waals surface area contributed by atoms with Crippen LogP contribution in [0.25, 0.3) is 0 Å². The molecule has 0 saturated heterocycles. The number of hydrogen-bond acceptors (Lipinski definition) is 4. The number of para-hydroxylation sites is 1. The van der Waals surface area contributed by atoms with E-state index in [4.69, 9.17) is 26.6 Å². The van der Waals surface area contributed by atoms with Gasteiger partial charge in [-0.15, -0.1) is 0 Å². The molecular formula is C13H12ClFN2O3. The van der Waals surface area contributed by atoms with E-state index in [0.29, 0.717) is 11.3 Å². The van der Waals surface area contributed by atoms with Crippen molar-refractivity contribution in [2.24, 2.45) is 5.84 Å². The molecule has 2 aromatic rings. The Hall–Kier alpha value is -2.05. The molecule has 0 aliphatic carbocycles. The fourth-order valence-electron chi connectivity index (χ4n) is 1.62. The highest BCUT2D eigenvalue weighted by Crippen LogP contribution is 2.28. The van der Waals surface area contributed by atoms with E-state index in [2.05, 4.69) is 0 Å². The number of furan rings is 1. The molecule has 20 heavy (non-hydrogen) atoms. The van der Waals surface area contributed by atoms with Crippen LogP contribution < -0.4 is 16.0 Å². The Morgan fingerprint density at radius 2 is 2.30 bits per heavy atom. The van der Waals surface area contributed by atoms with Crippen molar-refractivity contribution >= 4 is 17.5 Å². The zero-order valence-corrected chi connectivity index (χ0v) is 11.3. The van der Waals surface area contributed by atoms with Crippen molar-refractivity contribution in [1.82, 2.24) is 5.43 Å². The van der Waals surface area contributed by atoms with Crippen LogP contribution in [0, 0.1) is 12.7 Å². The van der Waals surface area contributed by atoms with E-state index in [1.54, 1.807) is 6.92 Å². The zero-order valence-electron chi connectivity index (χ0n) is 10.6. The highest BCUT2D eigenvalue weighted by atomic mass is 35.5. The molecule has 0 spiro atoms. The van der Waals surface area contributed by atoms with Gasteiger partial charge in [0, 0.05) is 5.56 Å². The molecule has 2 rings (SSSR count). The number of carbonyl (C=O) groups is 1. The fourth-order valence-corrected chi connectivity index (χ4v) is 1.83. The number of carbonyl (C=O) groups excluding carboxylic acids is 1. The Morgan fingerprint density at radius 1 is 1.55 bits per heavy atom. The number of nitrogens with two attached hydrogens (primary N) is 1. The largest absolute Gasteiger partial charge is 0.484 e. The highest BCUT2D eigenvalue weighted by molar-refractivity contribution is 6.32. The van der Waals surface area contributed by atoms with Crippen molar-refractivity contribution in [3.05, 3.63) is 52.2 Å². The number of hydrogen-bond donors (Lipinski definition) is 2. The van der Waals surface area contributed by atoms with Crippen LogP contribution in [0.3, 0.4) is 0 Å². The van der Waals surface area contributed by atoms with E-state index in [1.165, 1.54) is 24.3 Å². The number of amides is 1. The summed E-state index contributed by atoms with van der Waals surface area (Å²) in [4.78, 5) is 11.3. The molecule has 0 unspecified atom stereocenters. The van der Waals surface area contributed by atoms with Gasteiger partial charge in [-0.1, -0.05) is 17.7 Å². The molecule has 1 amide bonds. The van der Waals surface area contributed by atoms with Crippen molar-refractivity contribution in [2.45, 2.75) is 13.5 Å². The molecule has 7 heteroatoms. The summed E-state index contributed by atoms with van der Waals surface area (Å²) in [5.74, 6) is 4.40. The first-order chi connectivity index (χ1) is 9.52. The van der Waals surface area contributed by atoms with Gasteiger partial charge >= 0.3 is 5.91 Å². The van der Waals surface area contributed by atoms with Crippen molar-refractivity contribution in [1.29, 1.82) is 0 Å². The Kier molecular flexibility index (Phi) is 4.26. The van der Waals surface area contributed by atoms with Crippen molar-refractivity contribution in [3.8, 4) is 5.75 Å². The van der Waals surface area contributed by atoms with Crippen LogP contribution >= 0.6 is 11.6 Å². The summed E-state index contributed by atoms with van der Waals surface area (Å²) in [7, 11) is 0. The van der Waals surface area contributed by atoms with Gasteiger partial charge in [0.15, 0.2) is 17.3 Å². The Morgan fingerprint density at radius 3 is 2.95 bits per heavy atom. The van der Waals surface area contributed by atoms with Crippen molar-refractivity contribution in [2.75, 3.05) is 0 Å². The minimum Gasteiger partial charge on any atom is -0.484 e. The van der Waals surface area contributed by atoms with E-state index in [0.717, 1.165) is 0 Å². The molecule has 0 aliphatic rings. The predicted octanol–water partition coefficient (Wildman–Crippen LogP) is 2.56. The van der Waals surface area contributed by atoms with Crippen molar-refractivity contribution in [3.63, 3.8) is 0 Å². The molecule has 3 N–H and O–H groups in total. The number of nitrogens with one attached hydrogen (secondary N) is 1. The standard InChI is InChI=1S/C13H12ClFN2O3/c1-7-8(5-11(20-7)13(18)17-16)6-19-12-9(14)3-2-4-10(12)15/h2-5H,6,16H2,1H3,(H,17,18). The molecule has 0 bridgehead atoms. The third kappa shape index (κ3) is 2.92. The fraction of sp³-hybridized carbons (Fsp3) is 0.154. The average Bonchev–Trinajstić information content (AvgIpc) is 2.79. The van der Waals surface area contributed by atoms with Gasteiger partial charge in [-0.2, -0.15) is 0 Å². The topological polar surface area (TPSA) is 77.5 Å². The van der Waals surface area contributed by atoms with Gasteiger partial charge in [0.25, 0.3) is 0 Å². The second-order valence-corrected chi connectivity index (χ2v) is 4.41. The summed E-state index contributed by atoms with van der Waals surface area (Å²) < 4.78 is 24.1. The molecule has 106 valence electrons. The summed E-state index contributed by atoms with van der Waals surface area (Å²) in [6, 6.07) is 5.73. The summed E-state index contributed by atoms with van der Waals surface area (Å²) in [6.07, 6.45) is 0. The van der Waals surface area contributed by atoms with E-state index < -0.39 is 11.7 Å². The van der Waals surface area contributed by atoms with E-state index in [1.807, 2.05) is 5.43 Å². The molecule has 0 aliphatic heterocycles. The Balaban J connectivity index is 2.15. The number of ether oxygens (including phenoxy) is 1. The van der Waals surface area contributed by atoms with Gasteiger partial charge in [0.1, 0.15) is 12.4 Å². The monoisotopic (exact) mass is 298 g/mol. The van der Waals surface area contributed by atoms with E-state index in [9.17, 15) is 9.18 Å². The maximum atomic E-state index is 13.5. The molecule has 0 fully saturated rings. The number of rotatable bonds is 4. The van der Waals surface area contributed by atoms with Crippen molar-refractivity contribution < 1.29 is 18.3 Å². The van der Waals surface area contributed by atoms with Crippen LogP contribution in [0.2, 0.25) is 5.02 Å². The first-order valence-corrected chi connectivity index (χ1v) is 6.07. The lowest BCUT2D eigenvalue weighted by Gasteiger charge is -2.07. The number of hydrazine groups is 1. The molecule has 1 heterocycles. The molecule has 1 aromatic carbocycles. The average molecular weight is 299 g/mol. The molecule has 1 aromatic heterocycles. The second-order valence-electron chi connectivity index (χ2n) is 4.00. The third-order valence-electron chi connectivity index (χ3n) is 2.67. The Labute approximate surface area is 119 Å². The van der Waals surface area contributed by atoms with Gasteiger partial charge in [0.2, 0.25) is 0 Å². The highest BCUT2D eigenvalue weighted by Gasteiger charge is 2.15. The van der Waals surface area contributed by atoms with Crippen LogP contribution in [-0.4, -0.2) is 5.91 Å². The summed E-state index contributed by atoms with van der Waals surface area (Å²) in [6.45, 7) is 1.68. The van der Waals surface area contributed by atoms with Crippen LogP contribution in [-0.2, 0) is 6.61 Å². The van der Waals surface area contributed by atoms with Gasteiger partial charge in [-0.25, -0.2) is 10.2 Å². The molecular weight excluding hydrogens is 287 g/mol. The van der Waals surface area contributed by atoms with Crippen LogP contribution in [0.4, 0.5) is 4.39 Å².